The topological polar surface area (TPSA) is 94.8 Å². The molecule has 29 heavy (non-hydrogen) atoms. The summed E-state index contributed by atoms with van der Waals surface area (Å²) in [5.41, 5.74) is 3.88. The van der Waals surface area contributed by atoms with Crippen LogP contribution < -0.4 is 20.5 Å². The van der Waals surface area contributed by atoms with Gasteiger partial charge in [0, 0.05) is 18.0 Å². The van der Waals surface area contributed by atoms with Crippen LogP contribution in [0.15, 0.2) is 52.4 Å². The SMILES string of the molecule is CC/C(=N/NC(=O)c1nn(C)c(=O)c2ccccc12)c1ccc(OC)c(OC)c1. The van der Waals surface area contributed by atoms with Crippen molar-refractivity contribution in [3.63, 3.8) is 0 Å². The Bertz CT molecular complexity index is 1150. The molecular formula is C21H22N4O4. The highest BCUT2D eigenvalue weighted by molar-refractivity contribution is 6.06. The van der Waals surface area contributed by atoms with Gasteiger partial charge in [0.2, 0.25) is 0 Å². The molecule has 8 nitrogen and oxygen atoms in total. The number of aromatic nitrogens is 2. The molecule has 1 N–H and O–H groups in total. The van der Waals surface area contributed by atoms with Crippen molar-refractivity contribution in [2.45, 2.75) is 13.3 Å². The fourth-order valence-corrected chi connectivity index (χ4v) is 3.00. The standard InChI is InChI=1S/C21H22N4O4/c1-5-16(13-10-11-17(28-3)18(12-13)29-4)22-23-20(26)19-14-8-6-7-9-15(14)21(27)25(2)24-19/h6-12H,5H2,1-4H3,(H,23,26)/b22-16-. The van der Waals surface area contributed by atoms with Crippen molar-refractivity contribution in [2.24, 2.45) is 12.1 Å². The van der Waals surface area contributed by atoms with Gasteiger partial charge in [-0.3, -0.25) is 9.59 Å². The lowest BCUT2D eigenvalue weighted by atomic mass is 10.1. The van der Waals surface area contributed by atoms with E-state index in [1.54, 1.807) is 50.6 Å². The molecule has 0 unspecified atom stereocenters. The molecule has 1 aromatic heterocycles. The fourth-order valence-electron chi connectivity index (χ4n) is 3.00. The molecule has 150 valence electrons. The highest BCUT2D eigenvalue weighted by Gasteiger charge is 2.16. The Morgan fingerprint density at radius 3 is 2.45 bits per heavy atom. The van der Waals surface area contributed by atoms with E-state index in [2.05, 4.69) is 15.6 Å². The molecule has 3 rings (SSSR count). The summed E-state index contributed by atoms with van der Waals surface area (Å²) in [5, 5.41) is 9.29. The Labute approximate surface area is 167 Å². The molecule has 1 heterocycles. The van der Waals surface area contributed by atoms with Gasteiger partial charge in [0.25, 0.3) is 11.5 Å². The van der Waals surface area contributed by atoms with E-state index in [0.29, 0.717) is 34.4 Å². The summed E-state index contributed by atoms with van der Waals surface area (Å²) in [6.45, 7) is 1.93. The van der Waals surface area contributed by atoms with Crippen LogP contribution in [0.1, 0.15) is 29.4 Å². The summed E-state index contributed by atoms with van der Waals surface area (Å²) in [6, 6.07) is 12.3. The second kappa shape index (κ2) is 8.55. The van der Waals surface area contributed by atoms with Crippen LogP contribution in [0.25, 0.3) is 10.8 Å². The van der Waals surface area contributed by atoms with Crippen LogP contribution >= 0.6 is 0 Å². The summed E-state index contributed by atoms with van der Waals surface area (Å²) >= 11 is 0. The molecule has 0 saturated carbocycles. The Morgan fingerprint density at radius 1 is 1.10 bits per heavy atom. The molecule has 0 spiro atoms. The zero-order valence-electron chi connectivity index (χ0n) is 16.7. The molecular weight excluding hydrogens is 372 g/mol. The highest BCUT2D eigenvalue weighted by Crippen LogP contribution is 2.28. The number of carbonyl (C=O) groups is 1. The number of amides is 1. The molecule has 0 aliphatic rings. The number of methoxy groups -OCH3 is 2. The number of hydrogen-bond acceptors (Lipinski definition) is 6. The first-order chi connectivity index (χ1) is 14.0. The quantitative estimate of drug-likeness (QED) is 0.512. The minimum absolute atomic E-state index is 0.134. The average Bonchev–Trinajstić information content (AvgIpc) is 2.76. The molecule has 0 radical (unpaired) electrons. The summed E-state index contributed by atoms with van der Waals surface area (Å²) in [6.07, 6.45) is 0.581. The number of fused-ring (bicyclic) bond motifs is 1. The van der Waals surface area contributed by atoms with Crippen LogP contribution in [0.2, 0.25) is 0 Å². The Kier molecular flexibility index (Phi) is 5.92. The number of benzene rings is 2. The first-order valence-electron chi connectivity index (χ1n) is 9.05. The van der Waals surface area contributed by atoms with Gasteiger partial charge in [0.1, 0.15) is 0 Å². The average molecular weight is 394 g/mol. The van der Waals surface area contributed by atoms with Crippen molar-refractivity contribution in [2.75, 3.05) is 14.2 Å². The summed E-state index contributed by atoms with van der Waals surface area (Å²) < 4.78 is 11.7. The van der Waals surface area contributed by atoms with Gasteiger partial charge in [-0.2, -0.15) is 10.2 Å². The Balaban J connectivity index is 1.95. The maximum atomic E-state index is 12.8. The van der Waals surface area contributed by atoms with Gasteiger partial charge in [-0.25, -0.2) is 10.1 Å². The van der Waals surface area contributed by atoms with Crippen LogP contribution in [0.3, 0.4) is 0 Å². The van der Waals surface area contributed by atoms with E-state index in [0.717, 1.165) is 10.2 Å². The van der Waals surface area contributed by atoms with E-state index < -0.39 is 5.91 Å². The number of nitrogens with zero attached hydrogens (tertiary/aromatic N) is 3. The van der Waals surface area contributed by atoms with Crippen molar-refractivity contribution < 1.29 is 14.3 Å². The van der Waals surface area contributed by atoms with Gasteiger partial charge >= 0.3 is 0 Å². The molecule has 3 aromatic rings. The van der Waals surface area contributed by atoms with Gasteiger partial charge in [-0.05, 0) is 30.7 Å². The minimum atomic E-state index is -0.497. The second-order valence-corrected chi connectivity index (χ2v) is 6.25. The van der Waals surface area contributed by atoms with Crippen molar-refractivity contribution >= 4 is 22.4 Å². The molecule has 0 aliphatic heterocycles. The lowest BCUT2D eigenvalue weighted by Gasteiger charge is -2.11. The monoisotopic (exact) mass is 394 g/mol. The third-order valence-corrected chi connectivity index (χ3v) is 4.52. The molecule has 0 atom stereocenters. The maximum absolute atomic E-state index is 12.8. The van der Waals surface area contributed by atoms with Crippen molar-refractivity contribution in [1.29, 1.82) is 0 Å². The fraction of sp³-hybridized carbons (Fsp3) is 0.238. The number of nitrogens with one attached hydrogen (secondary N) is 1. The number of carbonyl (C=O) groups excluding carboxylic acids is 1. The molecule has 2 aromatic carbocycles. The number of hydrogen-bond donors (Lipinski definition) is 1. The van der Waals surface area contributed by atoms with Gasteiger partial charge in [0.15, 0.2) is 17.2 Å². The number of aryl methyl sites for hydroxylation is 1. The number of rotatable bonds is 6. The highest BCUT2D eigenvalue weighted by atomic mass is 16.5. The third-order valence-electron chi connectivity index (χ3n) is 4.52. The molecule has 0 saturated heterocycles. The zero-order chi connectivity index (χ0) is 21.0. The lowest BCUT2D eigenvalue weighted by molar-refractivity contribution is 0.0949. The third kappa shape index (κ3) is 3.96. The van der Waals surface area contributed by atoms with Crippen LogP contribution in [0.5, 0.6) is 11.5 Å². The van der Waals surface area contributed by atoms with Gasteiger partial charge in [-0.1, -0.05) is 25.1 Å². The first-order valence-corrected chi connectivity index (χ1v) is 9.05. The minimum Gasteiger partial charge on any atom is -0.493 e. The smallest absolute Gasteiger partial charge is 0.292 e. The maximum Gasteiger partial charge on any atom is 0.292 e. The summed E-state index contributed by atoms with van der Waals surface area (Å²) in [4.78, 5) is 25.0. The Hall–Kier alpha value is -3.68. The van der Waals surface area contributed by atoms with E-state index in [1.807, 2.05) is 13.0 Å². The van der Waals surface area contributed by atoms with Gasteiger partial charge in [0.05, 0.1) is 25.3 Å². The summed E-state index contributed by atoms with van der Waals surface area (Å²) in [7, 11) is 4.63. The van der Waals surface area contributed by atoms with E-state index in [4.69, 9.17) is 9.47 Å². The second-order valence-electron chi connectivity index (χ2n) is 6.25. The Morgan fingerprint density at radius 2 is 1.79 bits per heavy atom. The van der Waals surface area contributed by atoms with Crippen LogP contribution in [0.4, 0.5) is 0 Å². The molecule has 0 aliphatic carbocycles. The van der Waals surface area contributed by atoms with Gasteiger partial charge < -0.3 is 9.47 Å². The van der Waals surface area contributed by atoms with E-state index >= 15 is 0 Å². The van der Waals surface area contributed by atoms with Crippen molar-refractivity contribution in [3.05, 3.63) is 64.1 Å². The predicted octanol–water partition coefficient (Wildman–Crippen LogP) is 2.49. The first kappa shape index (κ1) is 20.1. The number of hydrazone groups is 1. The van der Waals surface area contributed by atoms with Gasteiger partial charge in [-0.15, -0.1) is 0 Å². The molecule has 1 amide bonds. The van der Waals surface area contributed by atoms with Crippen LogP contribution in [0, 0.1) is 0 Å². The van der Waals surface area contributed by atoms with E-state index in [1.165, 1.54) is 7.05 Å². The molecule has 0 bridgehead atoms. The number of ether oxygens (including phenoxy) is 2. The largest absolute Gasteiger partial charge is 0.493 e. The van der Waals surface area contributed by atoms with Crippen molar-refractivity contribution in [1.82, 2.24) is 15.2 Å². The van der Waals surface area contributed by atoms with Crippen molar-refractivity contribution in [3.8, 4) is 11.5 Å². The summed E-state index contributed by atoms with van der Waals surface area (Å²) in [5.74, 6) is 0.683. The molecule has 0 fully saturated rings. The predicted molar refractivity (Wildman–Crippen MR) is 111 cm³/mol. The zero-order valence-corrected chi connectivity index (χ0v) is 16.7. The van der Waals surface area contributed by atoms with Crippen LogP contribution in [-0.4, -0.2) is 35.6 Å². The molecule has 8 heteroatoms. The van der Waals surface area contributed by atoms with E-state index in [9.17, 15) is 9.59 Å². The van der Waals surface area contributed by atoms with E-state index in [-0.39, 0.29) is 11.3 Å². The lowest BCUT2D eigenvalue weighted by Crippen LogP contribution is -2.27. The van der Waals surface area contributed by atoms with Crippen LogP contribution in [-0.2, 0) is 7.05 Å². The normalized spacial score (nSPS) is 11.4.